The Morgan fingerprint density at radius 3 is 2.67 bits per heavy atom. The third kappa shape index (κ3) is 3.42. The molecule has 3 heteroatoms. The Kier molecular flexibility index (Phi) is 4.45. The first kappa shape index (κ1) is 12.4. The Morgan fingerprint density at radius 2 is 2.13 bits per heavy atom. The standard InChI is InChI=1S/C12H18BrNO/c1-4-5-9(3)15-12-8(2)6-10(13)7-11(12)14/h6-7,9H,4-5,14H2,1-3H3. The van der Waals surface area contributed by atoms with Crippen molar-refractivity contribution in [2.45, 2.75) is 39.7 Å². The second kappa shape index (κ2) is 5.40. The topological polar surface area (TPSA) is 35.2 Å². The lowest BCUT2D eigenvalue weighted by atomic mass is 10.2. The number of benzene rings is 1. The summed E-state index contributed by atoms with van der Waals surface area (Å²) in [5, 5.41) is 0. The normalized spacial score (nSPS) is 12.5. The summed E-state index contributed by atoms with van der Waals surface area (Å²) < 4.78 is 6.82. The third-order valence-electron chi connectivity index (χ3n) is 2.28. The molecule has 0 aliphatic heterocycles. The van der Waals surface area contributed by atoms with Crippen molar-refractivity contribution in [3.8, 4) is 5.75 Å². The van der Waals surface area contributed by atoms with Gasteiger partial charge in [0.1, 0.15) is 5.75 Å². The molecular weight excluding hydrogens is 254 g/mol. The summed E-state index contributed by atoms with van der Waals surface area (Å²) in [6.45, 7) is 6.23. The Labute approximate surface area is 99.9 Å². The molecule has 0 aliphatic carbocycles. The number of rotatable bonds is 4. The minimum absolute atomic E-state index is 0.220. The van der Waals surface area contributed by atoms with Crippen LogP contribution in [0.1, 0.15) is 32.3 Å². The first-order chi connectivity index (χ1) is 7.04. The zero-order valence-corrected chi connectivity index (χ0v) is 11.1. The van der Waals surface area contributed by atoms with Crippen LogP contribution in [0.2, 0.25) is 0 Å². The Balaban J connectivity index is 2.85. The van der Waals surface area contributed by atoms with Gasteiger partial charge in [0.15, 0.2) is 0 Å². The van der Waals surface area contributed by atoms with Crippen molar-refractivity contribution in [3.63, 3.8) is 0 Å². The molecule has 0 saturated carbocycles. The molecule has 0 radical (unpaired) electrons. The molecule has 2 N–H and O–H groups in total. The van der Waals surface area contributed by atoms with Gasteiger partial charge in [0.2, 0.25) is 0 Å². The molecule has 15 heavy (non-hydrogen) atoms. The second-order valence-corrected chi connectivity index (χ2v) is 4.77. The van der Waals surface area contributed by atoms with Crippen molar-refractivity contribution in [3.05, 3.63) is 22.2 Å². The molecular formula is C12H18BrNO. The monoisotopic (exact) mass is 271 g/mol. The summed E-state index contributed by atoms with van der Waals surface area (Å²) in [6, 6.07) is 3.89. The number of hydrogen-bond donors (Lipinski definition) is 1. The van der Waals surface area contributed by atoms with Crippen molar-refractivity contribution in [1.82, 2.24) is 0 Å². The first-order valence-electron chi connectivity index (χ1n) is 5.26. The molecule has 1 aromatic carbocycles. The maximum atomic E-state index is 5.91. The maximum absolute atomic E-state index is 5.91. The van der Waals surface area contributed by atoms with E-state index in [4.69, 9.17) is 10.5 Å². The van der Waals surface area contributed by atoms with E-state index < -0.39 is 0 Å². The molecule has 1 unspecified atom stereocenters. The van der Waals surface area contributed by atoms with Crippen LogP contribution in [-0.2, 0) is 0 Å². The van der Waals surface area contributed by atoms with Gasteiger partial charge in [-0.2, -0.15) is 0 Å². The lowest BCUT2D eigenvalue weighted by Crippen LogP contribution is -2.13. The number of halogens is 1. The fourth-order valence-electron chi connectivity index (χ4n) is 1.58. The second-order valence-electron chi connectivity index (χ2n) is 3.86. The van der Waals surface area contributed by atoms with Crippen molar-refractivity contribution in [2.24, 2.45) is 0 Å². The predicted octanol–water partition coefficient (Wildman–Crippen LogP) is 3.91. The maximum Gasteiger partial charge on any atom is 0.145 e. The van der Waals surface area contributed by atoms with Gasteiger partial charge in [0, 0.05) is 4.47 Å². The highest BCUT2D eigenvalue weighted by molar-refractivity contribution is 9.10. The number of nitrogen functional groups attached to an aromatic ring is 1. The predicted molar refractivity (Wildman–Crippen MR) is 68.3 cm³/mol. The highest BCUT2D eigenvalue weighted by atomic mass is 79.9. The lowest BCUT2D eigenvalue weighted by molar-refractivity contribution is 0.210. The molecule has 2 nitrogen and oxygen atoms in total. The van der Waals surface area contributed by atoms with Crippen LogP contribution in [-0.4, -0.2) is 6.10 Å². The van der Waals surface area contributed by atoms with Crippen LogP contribution in [0.3, 0.4) is 0 Å². The average molecular weight is 272 g/mol. The smallest absolute Gasteiger partial charge is 0.145 e. The minimum Gasteiger partial charge on any atom is -0.488 e. The summed E-state index contributed by atoms with van der Waals surface area (Å²) in [7, 11) is 0. The van der Waals surface area contributed by atoms with E-state index in [0.29, 0.717) is 5.69 Å². The molecule has 84 valence electrons. The molecule has 0 heterocycles. The van der Waals surface area contributed by atoms with E-state index >= 15 is 0 Å². The van der Waals surface area contributed by atoms with Crippen LogP contribution >= 0.6 is 15.9 Å². The van der Waals surface area contributed by atoms with E-state index in [1.807, 2.05) is 19.1 Å². The Bertz CT molecular complexity index is 315. The van der Waals surface area contributed by atoms with Crippen molar-refractivity contribution in [2.75, 3.05) is 5.73 Å². The summed E-state index contributed by atoms with van der Waals surface area (Å²) in [5.41, 5.74) is 7.68. The molecule has 0 amide bonds. The van der Waals surface area contributed by atoms with Crippen LogP contribution in [0.4, 0.5) is 5.69 Å². The molecule has 0 aliphatic rings. The number of anilines is 1. The van der Waals surface area contributed by atoms with Crippen LogP contribution < -0.4 is 10.5 Å². The van der Waals surface area contributed by atoms with E-state index in [0.717, 1.165) is 28.6 Å². The van der Waals surface area contributed by atoms with E-state index in [1.165, 1.54) is 0 Å². The quantitative estimate of drug-likeness (QED) is 0.843. The summed E-state index contributed by atoms with van der Waals surface area (Å²) in [4.78, 5) is 0. The largest absolute Gasteiger partial charge is 0.488 e. The van der Waals surface area contributed by atoms with Gasteiger partial charge in [-0.15, -0.1) is 0 Å². The van der Waals surface area contributed by atoms with E-state index in [2.05, 4.69) is 29.8 Å². The van der Waals surface area contributed by atoms with E-state index in [1.54, 1.807) is 0 Å². The number of ether oxygens (including phenoxy) is 1. The van der Waals surface area contributed by atoms with Crippen molar-refractivity contribution >= 4 is 21.6 Å². The SMILES string of the molecule is CCCC(C)Oc1c(C)cc(Br)cc1N. The van der Waals surface area contributed by atoms with Crippen LogP contribution in [0.15, 0.2) is 16.6 Å². The van der Waals surface area contributed by atoms with Gasteiger partial charge < -0.3 is 10.5 Å². The Hall–Kier alpha value is -0.700. The fraction of sp³-hybridized carbons (Fsp3) is 0.500. The zero-order chi connectivity index (χ0) is 11.4. The average Bonchev–Trinajstić information content (AvgIpc) is 2.11. The highest BCUT2D eigenvalue weighted by Gasteiger charge is 2.09. The van der Waals surface area contributed by atoms with Crippen LogP contribution in [0.25, 0.3) is 0 Å². The molecule has 0 fully saturated rings. The van der Waals surface area contributed by atoms with E-state index in [-0.39, 0.29) is 6.10 Å². The number of nitrogens with two attached hydrogens (primary N) is 1. The fourth-order valence-corrected chi connectivity index (χ4v) is 2.17. The van der Waals surface area contributed by atoms with Crippen molar-refractivity contribution < 1.29 is 4.74 Å². The number of aryl methyl sites for hydroxylation is 1. The first-order valence-corrected chi connectivity index (χ1v) is 6.06. The Morgan fingerprint density at radius 1 is 1.47 bits per heavy atom. The molecule has 1 atom stereocenters. The third-order valence-corrected chi connectivity index (χ3v) is 2.74. The summed E-state index contributed by atoms with van der Waals surface area (Å²) in [6.07, 6.45) is 2.39. The molecule has 0 saturated heterocycles. The van der Waals surface area contributed by atoms with Gasteiger partial charge in [-0.05, 0) is 38.0 Å². The van der Waals surface area contributed by atoms with Gasteiger partial charge in [0.25, 0.3) is 0 Å². The van der Waals surface area contributed by atoms with Gasteiger partial charge >= 0.3 is 0 Å². The van der Waals surface area contributed by atoms with Gasteiger partial charge in [-0.3, -0.25) is 0 Å². The lowest BCUT2D eigenvalue weighted by Gasteiger charge is -2.17. The molecule has 0 spiro atoms. The number of hydrogen-bond acceptors (Lipinski definition) is 2. The molecule has 0 aromatic heterocycles. The molecule has 0 bridgehead atoms. The molecule has 1 aromatic rings. The van der Waals surface area contributed by atoms with Gasteiger partial charge in [-0.25, -0.2) is 0 Å². The van der Waals surface area contributed by atoms with E-state index in [9.17, 15) is 0 Å². The molecule has 1 rings (SSSR count). The minimum atomic E-state index is 0.220. The van der Waals surface area contributed by atoms with Gasteiger partial charge in [-0.1, -0.05) is 29.3 Å². The highest BCUT2D eigenvalue weighted by Crippen LogP contribution is 2.31. The zero-order valence-electron chi connectivity index (χ0n) is 9.51. The van der Waals surface area contributed by atoms with Gasteiger partial charge in [0.05, 0.1) is 11.8 Å². The summed E-state index contributed by atoms with van der Waals surface area (Å²) in [5.74, 6) is 0.819. The van der Waals surface area contributed by atoms with Crippen LogP contribution in [0, 0.1) is 6.92 Å². The van der Waals surface area contributed by atoms with Crippen LogP contribution in [0.5, 0.6) is 5.75 Å². The summed E-state index contributed by atoms with van der Waals surface area (Å²) >= 11 is 3.41. The van der Waals surface area contributed by atoms with Crippen molar-refractivity contribution in [1.29, 1.82) is 0 Å².